The Morgan fingerprint density at radius 3 is 1.79 bits per heavy atom. The Morgan fingerprint density at radius 1 is 0.607 bits per heavy atom. The fraction of sp³-hybridized carbons (Fsp3) is 0.667. The van der Waals surface area contributed by atoms with Crippen molar-refractivity contribution in [3.05, 3.63) is 46.1 Å². The van der Waals surface area contributed by atoms with E-state index in [2.05, 4.69) is 59.8 Å². The van der Waals surface area contributed by atoms with Gasteiger partial charge in [-0.1, -0.05) is 53.0 Å². The first-order valence-electron chi connectivity index (χ1n) is 11.4. The lowest BCUT2D eigenvalue weighted by atomic mass is 9.98. The molecule has 0 amide bonds. The maximum atomic E-state index is 11.3. The molecule has 1 heteroatoms. The van der Waals surface area contributed by atoms with Gasteiger partial charge in [0.05, 0.1) is 0 Å². The molecule has 0 aromatic carbocycles. The van der Waals surface area contributed by atoms with E-state index in [1.165, 1.54) is 42.4 Å². The van der Waals surface area contributed by atoms with E-state index >= 15 is 0 Å². The van der Waals surface area contributed by atoms with E-state index in [-0.39, 0.29) is 0 Å². The molecule has 0 radical (unpaired) electrons. The molecular formula is C27H46O. The molecule has 0 spiro atoms. The highest BCUT2D eigenvalue weighted by Crippen LogP contribution is 2.19. The van der Waals surface area contributed by atoms with Gasteiger partial charge in [0.25, 0.3) is 0 Å². The van der Waals surface area contributed by atoms with Gasteiger partial charge >= 0.3 is 0 Å². The van der Waals surface area contributed by atoms with E-state index in [9.17, 15) is 4.79 Å². The van der Waals surface area contributed by atoms with Crippen LogP contribution >= 0.6 is 0 Å². The highest BCUT2D eigenvalue weighted by atomic mass is 16.1. The Morgan fingerprint density at radius 2 is 1.14 bits per heavy atom. The van der Waals surface area contributed by atoms with Gasteiger partial charge in [-0.15, -0.1) is 0 Å². The smallest absolute Gasteiger partial charge is 0.132 e. The third kappa shape index (κ3) is 15.7. The van der Waals surface area contributed by atoms with Crippen LogP contribution < -0.4 is 0 Å². The van der Waals surface area contributed by atoms with Crippen molar-refractivity contribution in [2.45, 2.75) is 119 Å². The number of allylic oxidation sites excluding steroid dienone is 8. The number of carbonyl (C=O) groups is 1. The predicted octanol–water partition coefficient (Wildman–Crippen LogP) is 9.06. The summed E-state index contributed by atoms with van der Waals surface area (Å²) >= 11 is 0. The average Bonchev–Trinajstić information content (AvgIpc) is 2.66. The van der Waals surface area contributed by atoms with Crippen molar-refractivity contribution in [3.63, 3.8) is 0 Å². The summed E-state index contributed by atoms with van der Waals surface area (Å²) in [5, 5.41) is 0. The van der Waals surface area contributed by atoms with Gasteiger partial charge in [-0.05, 0) is 99.3 Å². The molecule has 0 saturated heterocycles. The maximum Gasteiger partial charge on any atom is 0.132 e. The first-order chi connectivity index (χ1) is 13.3. The van der Waals surface area contributed by atoms with E-state index in [0.29, 0.717) is 12.2 Å². The molecule has 28 heavy (non-hydrogen) atoms. The van der Waals surface area contributed by atoms with Crippen LogP contribution in [-0.2, 0) is 4.79 Å². The zero-order chi connectivity index (χ0) is 21.4. The van der Waals surface area contributed by atoms with Gasteiger partial charge in [0.1, 0.15) is 5.78 Å². The van der Waals surface area contributed by atoms with Gasteiger partial charge in [-0.3, -0.25) is 4.79 Å². The Bertz CT molecular complexity index is 565. The summed E-state index contributed by atoms with van der Waals surface area (Å²) in [6, 6.07) is 0. The highest BCUT2D eigenvalue weighted by Gasteiger charge is 2.00. The zero-order valence-corrected chi connectivity index (χ0v) is 19.9. The number of unbranched alkanes of at least 4 members (excludes halogenated alkanes) is 2. The number of rotatable bonds is 15. The van der Waals surface area contributed by atoms with Crippen LogP contribution in [0.15, 0.2) is 46.1 Å². The Balaban J connectivity index is 4.15. The van der Waals surface area contributed by atoms with E-state index in [0.717, 1.165) is 38.5 Å². The Kier molecular flexibility index (Phi) is 15.8. The molecule has 0 bridgehead atoms. The van der Waals surface area contributed by atoms with Crippen LogP contribution in [0.3, 0.4) is 0 Å². The lowest BCUT2D eigenvalue weighted by Gasteiger charge is -2.08. The summed E-state index contributed by atoms with van der Waals surface area (Å²) in [4.78, 5) is 11.3. The van der Waals surface area contributed by atoms with Gasteiger partial charge in [0.2, 0.25) is 0 Å². The minimum atomic E-state index is 0.387. The second-order valence-corrected chi connectivity index (χ2v) is 8.66. The van der Waals surface area contributed by atoms with E-state index in [1.807, 2.05) is 6.92 Å². The molecule has 0 heterocycles. The molecular weight excluding hydrogens is 340 g/mol. The standard InChI is InChI=1S/C27H46O/c1-8-27(28)19-12-11-16-24(5)20-21-26(7)25(6)18-13-17-23(4)15-10-9-14-22(2)3/h14,16-17H,8-13,15,18-21H2,1-7H3. The SMILES string of the molecule is CCC(=O)CCCC=C(C)CCC(C)=C(C)CCC=C(C)CCCC=C(C)C. The molecule has 0 atom stereocenters. The van der Waals surface area contributed by atoms with Crippen molar-refractivity contribution in [2.24, 2.45) is 0 Å². The lowest BCUT2D eigenvalue weighted by Crippen LogP contribution is -1.93. The van der Waals surface area contributed by atoms with Gasteiger partial charge in [0, 0.05) is 12.8 Å². The number of Topliss-reactive ketones (excluding diaryl/α,β-unsaturated/α-hetero) is 1. The minimum absolute atomic E-state index is 0.387. The monoisotopic (exact) mass is 386 g/mol. The quantitative estimate of drug-likeness (QED) is 0.202. The molecule has 0 aliphatic rings. The van der Waals surface area contributed by atoms with Gasteiger partial charge < -0.3 is 0 Å². The summed E-state index contributed by atoms with van der Waals surface area (Å²) < 4.78 is 0. The average molecular weight is 387 g/mol. The highest BCUT2D eigenvalue weighted by molar-refractivity contribution is 5.77. The van der Waals surface area contributed by atoms with Crippen LogP contribution in [0.5, 0.6) is 0 Å². The molecule has 0 aliphatic carbocycles. The van der Waals surface area contributed by atoms with Crippen molar-refractivity contribution >= 4 is 5.78 Å². The number of carbonyl (C=O) groups excluding carboxylic acids is 1. The van der Waals surface area contributed by atoms with Crippen LogP contribution in [0.25, 0.3) is 0 Å². The zero-order valence-electron chi connectivity index (χ0n) is 19.9. The van der Waals surface area contributed by atoms with Crippen molar-refractivity contribution in [1.29, 1.82) is 0 Å². The number of hydrogen-bond donors (Lipinski definition) is 0. The third-order valence-electron chi connectivity index (χ3n) is 5.51. The van der Waals surface area contributed by atoms with Crippen LogP contribution in [0, 0.1) is 0 Å². The van der Waals surface area contributed by atoms with Crippen LogP contribution in [0.4, 0.5) is 0 Å². The third-order valence-corrected chi connectivity index (χ3v) is 5.51. The molecule has 0 aromatic rings. The second kappa shape index (κ2) is 16.6. The molecule has 0 rings (SSSR count). The summed E-state index contributed by atoms with van der Waals surface area (Å²) in [5.74, 6) is 0.387. The molecule has 1 nitrogen and oxygen atoms in total. The maximum absolute atomic E-state index is 11.3. The largest absolute Gasteiger partial charge is 0.300 e. The van der Waals surface area contributed by atoms with Crippen molar-refractivity contribution in [2.75, 3.05) is 0 Å². The van der Waals surface area contributed by atoms with Crippen molar-refractivity contribution in [3.8, 4) is 0 Å². The fourth-order valence-corrected chi connectivity index (χ4v) is 3.15. The number of ketones is 1. The lowest BCUT2D eigenvalue weighted by molar-refractivity contribution is -0.118. The number of hydrogen-bond acceptors (Lipinski definition) is 1. The van der Waals surface area contributed by atoms with E-state index in [1.54, 1.807) is 11.1 Å². The molecule has 0 N–H and O–H groups in total. The predicted molar refractivity (Wildman–Crippen MR) is 127 cm³/mol. The van der Waals surface area contributed by atoms with Crippen LogP contribution in [0.2, 0.25) is 0 Å². The van der Waals surface area contributed by atoms with E-state index < -0.39 is 0 Å². The fourth-order valence-electron chi connectivity index (χ4n) is 3.15. The van der Waals surface area contributed by atoms with Crippen molar-refractivity contribution < 1.29 is 4.79 Å². The topological polar surface area (TPSA) is 17.1 Å². The van der Waals surface area contributed by atoms with Crippen LogP contribution in [0.1, 0.15) is 119 Å². The Hall–Kier alpha value is -1.37. The molecule has 0 fully saturated rings. The van der Waals surface area contributed by atoms with Gasteiger partial charge in [-0.2, -0.15) is 0 Å². The normalized spacial score (nSPS) is 13.4. The molecule has 0 saturated carbocycles. The molecule has 160 valence electrons. The minimum Gasteiger partial charge on any atom is -0.300 e. The summed E-state index contributed by atoms with van der Waals surface area (Å²) in [6.45, 7) is 15.4. The molecule has 0 aliphatic heterocycles. The molecule has 0 unspecified atom stereocenters. The van der Waals surface area contributed by atoms with E-state index in [4.69, 9.17) is 0 Å². The Labute approximate surface area is 176 Å². The van der Waals surface area contributed by atoms with Gasteiger partial charge in [-0.25, -0.2) is 0 Å². The second-order valence-electron chi connectivity index (χ2n) is 8.66. The first kappa shape index (κ1) is 26.6. The molecule has 0 aromatic heterocycles. The summed E-state index contributed by atoms with van der Waals surface area (Å²) in [5.41, 5.74) is 7.52. The summed E-state index contributed by atoms with van der Waals surface area (Å²) in [6.07, 6.45) is 18.9. The van der Waals surface area contributed by atoms with Gasteiger partial charge in [0.15, 0.2) is 0 Å². The van der Waals surface area contributed by atoms with Crippen LogP contribution in [-0.4, -0.2) is 5.78 Å². The summed E-state index contributed by atoms with van der Waals surface area (Å²) in [7, 11) is 0. The van der Waals surface area contributed by atoms with Crippen molar-refractivity contribution in [1.82, 2.24) is 0 Å². The first-order valence-corrected chi connectivity index (χ1v) is 11.4.